The smallest absolute Gasteiger partial charge is 0.230 e. The third-order valence-corrected chi connectivity index (χ3v) is 2.80. The number of ketones is 1. The highest BCUT2D eigenvalue weighted by atomic mass is 16.6. The first-order valence-electron chi connectivity index (χ1n) is 4.93. The second-order valence-corrected chi connectivity index (χ2v) is 3.79. The zero-order valence-corrected chi connectivity index (χ0v) is 8.31. The number of hydrogen-bond donors (Lipinski definition) is 0. The molecule has 1 rings (SSSR count). The van der Waals surface area contributed by atoms with Gasteiger partial charge >= 0.3 is 0 Å². The van der Waals surface area contributed by atoms with Crippen LogP contribution in [-0.2, 0) is 4.79 Å². The van der Waals surface area contributed by atoms with E-state index in [9.17, 15) is 14.9 Å². The SMILES string of the molecule is CC(=O)C1CCCCC1/C=C/[N+](=O)[O-]. The Morgan fingerprint density at radius 1 is 1.43 bits per heavy atom. The Kier molecular flexibility index (Phi) is 3.80. The molecule has 2 atom stereocenters. The van der Waals surface area contributed by atoms with Gasteiger partial charge in [-0.05, 0) is 31.8 Å². The summed E-state index contributed by atoms with van der Waals surface area (Å²) in [5.41, 5.74) is 0. The van der Waals surface area contributed by atoms with Crippen LogP contribution in [0.4, 0.5) is 0 Å². The Hall–Kier alpha value is -1.19. The number of nitrogens with zero attached hydrogens (tertiary/aromatic N) is 1. The van der Waals surface area contributed by atoms with Gasteiger partial charge in [0.25, 0.3) is 0 Å². The van der Waals surface area contributed by atoms with Crippen molar-refractivity contribution in [2.75, 3.05) is 0 Å². The molecule has 1 fully saturated rings. The molecule has 4 nitrogen and oxygen atoms in total. The quantitative estimate of drug-likeness (QED) is 0.514. The third-order valence-electron chi connectivity index (χ3n) is 2.80. The molecular weight excluding hydrogens is 182 g/mol. The van der Waals surface area contributed by atoms with E-state index in [1.54, 1.807) is 13.0 Å². The molecule has 0 spiro atoms. The predicted molar refractivity (Wildman–Crippen MR) is 52.3 cm³/mol. The molecule has 0 amide bonds. The second-order valence-electron chi connectivity index (χ2n) is 3.79. The monoisotopic (exact) mass is 197 g/mol. The van der Waals surface area contributed by atoms with Gasteiger partial charge in [-0.2, -0.15) is 0 Å². The number of allylic oxidation sites excluding steroid dienone is 1. The Labute approximate surface area is 83.1 Å². The number of carbonyl (C=O) groups is 1. The van der Waals surface area contributed by atoms with Crippen molar-refractivity contribution in [1.29, 1.82) is 0 Å². The number of hydrogen-bond acceptors (Lipinski definition) is 3. The van der Waals surface area contributed by atoms with Crippen LogP contribution in [0.15, 0.2) is 12.3 Å². The van der Waals surface area contributed by atoms with E-state index in [0.717, 1.165) is 31.9 Å². The number of nitro groups is 1. The minimum atomic E-state index is -0.466. The Balaban J connectivity index is 2.63. The molecule has 0 aromatic heterocycles. The molecule has 2 unspecified atom stereocenters. The van der Waals surface area contributed by atoms with Crippen molar-refractivity contribution in [3.63, 3.8) is 0 Å². The van der Waals surface area contributed by atoms with Gasteiger partial charge in [-0.25, -0.2) is 0 Å². The van der Waals surface area contributed by atoms with Gasteiger partial charge in [0.1, 0.15) is 5.78 Å². The fraction of sp³-hybridized carbons (Fsp3) is 0.700. The molecule has 0 aliphatic heterocycles. The van der Waals surface area contributed by atoms with E-state index >= 15 is 0 Å². The maximum Gasteiger partial charge on any atom is 0.230 e. The summed E-state index contributed by atoms with van der Waals surface area (Å²) in [4.78, 5) is 20.9. The molecule has 0 radical (unpaired) electrons. The highest BCUT2D eigenvalue weighted by Gasteiger charge is 2.27. The van der Waals surface area contributed by atoms with Gasteiger partial charge in [0.05, 0.1) is 4.92 Å². The standard InChI is InChI=1S/C10H15NO3/c1-8(12)10-5-3-2-4-9(10)6-7-11(13)14/h6-7,9-10H,2-5H2,1H3/b7-6+. The van der Waals surface area contributed by atoms with Gasteiger partial charge in [0.15, 0.2) is 0 Å². The molecule has 0 aromatic rings. The largest absolute Gasteiger partial charge is 0.300 e. The molecule has 14 heavy (non-hydrogen) atoms. The van der Waals surface area contributed by atoms with E-state index in [-0.39, 0.29) is 17.6 Å². The van der Waals surface area contributed by atoms with Gasteiger partial charge in [-0.1, -0.05) is 12.8 Å². The average molecular weight is 197 g/mol. The van der Waals surface area contributed by atoms with E-state index in [0.29, 0.717) is 0 Å². The predicted octanol–water partition coefficient (Wildman–Crippen LogP) is 2.17. The van der Waals surface area contributed by atoms with Crippen molar-refractivity contribution in [3.05, 3.63) is 22.4 Å². The van der Waals surface area contributed by atoms with Gasteiger partial charge in [-0.15, -0.1) is 0 Å². The first-order valence-corrected chi connectivity index (χ1v) is 4.93. The van der Waals surface area contributed by atoms with Crippen molar-refractivity contribution >= 4 is 5.78 Å². The van der Waals surface area contributed by atoms with Crippen LogP contribution < -0.4 is 0 Å². The molecule has 0 heterocycles. The lowest BCUT2D eigenvalue weighted by atomic mass is 9.77. The highest BCUT2D eigenvalue weighted by Crippen LogP contribution is 2.31. The third kappa shape index (κ3) is 2.94. The Morgan fingerprint density at radius 3 is 2.64 bits per heavy atom. The lowest BCUT2D eigenvalue weighted by Gasteiger charge is -2.26. The molecule has 1 aliphatic rings. The first-order chi connectivity index (χ1) is 6.61. The van der Waals surface area contributed by atoms with Crippen LogP contribution in [0.1, 0.15) is 32.6 Å². The molecule has 1 aliphatic carbocycles. The molecule has 0 bridgehead atoms. The van der Waals surface area contributed by atoms with Crippen LogP contribution in [0, 0.1) is 22.0 Å². The molecule has 0 saturated heterocycles. The molecule has 4 heteroatoms. The van der Waals surface area contributed by atoms with Gasteiger partial charge < -0.3 is 0 Å². The summed E-state index contributed by atoms with van der Waals surface area (Å²) >= 11 is 0. The van der Waals surface area contributed by atoms with E-state index < -0.39 is 4.92 Å². The minimum Gasteiger partial charge on any atom is -0.300 e. The zero-order chi connectivity index (χ0) is 10.6. The minimum absolute atomic E-state index is 0.0000463. The van der Waals surface area contributed by atoms with Crippen LogP contribution in [0.2, 0.25) is 0 Å². The number of rotatable bonds is 3. The lowest BCUT2D eigenvalue weighted by Crippen LogP contribution is -2.24. The van der Waals surface area contributed by atoms with Crippen molar-refractivity contribution in [2.24, 2.45) is 11.8 Å². The van der Waals surface area contributed by atoms with E-state index in [2.05, 4.69) is 0 Å². The van der Waals surface area contributed by atoms with Crippen molar-refractivity contribution in [3.8, 4) is 0 Å². The summed E-state index contributed by atoms with van der Waals surface area (Å²) in [5, 5.41) is 10.2. The number of Topliss-reactive ketones (excluding diaryl/α,β-unsaturated/α-hetero) is 1. The fourth-order valence-corrected chi connectivity index (χ4v) is 2.08. The summed E-state index contributed by atoms with van der Waals surface area (Å²) in [5.74, 6) is 0.231. The van der Waals surface area contributed by atoms with Crippen LogP contribution >= 0.6 is 0 Å². The summed E-state index contributed by atoms with van der Waals surface area (Å²) in [7, 11) is 0. The highest BCUT2D eigenvalue weighted by molar-refractivity contribution is 5.78. The van der Waals surface area contributed by atoms with Gasteiger partial charge in [0, 0.05) is 5.92 Å². The fourth-order valence-electron chi connectivity index (χ4n) is 2.08. The van der Waals surface area contributed by atoms with Crippen LogP contribution in [0.3, 0.4) is 0 Å². The number of carbonyl (C=O) groups excluding carboxylic acids is 1. The average Bonchev–Trinajstić information content (AvgIpc) is 2.15. The van der Waals surface area contributed by atoms with Gasteiger partial charge in [-0.3, -0.25) is 14.9 Å². The van der Waals surface area contributed by atoms with E-state index in [1.807, 2.05) is 0 Å². The van der Waals surface area contributed by atoms with Crippen LogP contribution in [0.5, 0.6) is 0 Å². The normalized spacial score (nSPS) is 27.8. The van der Waals surface area contributed by atoms with Gasteiger partial charge in [0.2, 0.25) is 6.20 Å². The first kappa shape index (κ1) is 10.9. The van der Waals surface area contributed by atoms with Crippen molar-refractivity contribution in [1.82, 2.24) is 0 Å². The summed E-state index contributed by atoms with van der Waals surface area (Å²) < 4.78 is 0. The maximum atomic E-state index is 11.3. The Bertz CT molecular complexity index is 260. The summed E-state index contributed by atoms with van der Waals surface area (Å²) in [6, 6.07) is 0. The van der Waals surface area contributed by atoms with E-state index in [4.69, 9.17) is 0 Å². The summed E-state index contributed by atoms with van der Waals surface area (Å²) in [6.45, 7) is 1.57. The molecule has 1 saturated carbocycles. The van der Waals surface area contributed by atoms with Crippen molar-refractivity contribution in [2.45, 2.75) is 32.6 Å². The van der Waals surface area contributed by atoms with Crippen LogP contribution in [-0.4, -0.2) is 10.7 Å². The molecular formula is C10H15NO3. The van der Waals surface area contributed by atoms with Crippen LogP contribution in [0.25, 0.3) is 0 Å². The zero-order valence-electron chi connectivity index (χ0n) is 8.31. The molecule has 0 N–H and O–H groups in total. The topological polar surface area (TPSA) is 60.2 Å². The van der Waals surface area contributed by atoms with Crippen molar-refractivity contribution < 1.29 is 9.72 Å². The lowest BCUT2D eigenvalue weighted by molar-refractivity contribution is -0.402. The molecule has 78 valence electrons. The molecule has 0 aromatic carbocycles. The van der Waals surface area contributed by atoms with E-state index in [1.165, 1.54) is 0 Å². The summed E-state index contributed by atoms with van der Waals surface area (Å²) in [6.07, 6.45) is 6.44. The Morgan fingerprint density at radius 2 is 2.07 bits per heavy atom. The second kappa shape index (κ2) is 4.88. The maximum absolute atomic E-state index is 11.3.